The second-order valence-electron chi connectivity index (χ2n) is 5.12. The molecule has 0 aliphatic carbocycles. The van der Waals surface area contributed by atoms with Crippen molar-refractivity contribution in [3.05, 3.63) is 0 Å². The molecule has 0 aromatic carbocycles. The minimum atomic E-state index is -0.318. The third-order valence-electron chi connectivity index (χ3n) is 2.52. The average molecular weight is 214 g/mol. The van der Waals surface area contributed by atoms with E-state index in [0.29, 0.717) is 6.47 Å². The Labute approximate surface area is 91.8 Å². The molecule has 2 saturated heterocycles. The Morgan fingerprint density at radius 3 is 2.00 bits per heavy atom. The van der Waals surface area contributed by atoms with Crippen LogP contribution in [0.1, 0.15) is 33.6 Å². The van der Waals surface area contributed by atoms with Crippen molar-refractivity contribution in [2.75, 3.05) is 13.1 Å². The zero-order valence-corrected chi connectivity index (χ0v) is 9.88. The quantitative estimate of drug-likeness (QED) is 0.630. The molecule has 4 heteroatoms. The molecule has 2 aliphatic heterocycles. The summed E-state index contributed by atoms with van der Waals surface area (Å²) in [7, 11) is 0. The highest BCUT2D eigenvalue weighted by Crippen LogP contribution is 2.13. The first-order valence-electron chi connectivity index (χ1n) is 5.59. The van der Waals surface area contributed by atoms with Crippen LogP contribution >= 0.6 is 0 Å². The van der Waals surface area contributed by atoms with Gasteiger partial charge in [-0.3, -0.25) is 4.79 Å². The summed E-state index contributed by atoms with van der Waals surface area (Å²) >= 11 is 0. The highest BCUT2D eigenvalue weighted by molar-refractivity contribution is 5.37. The molecule has 2 N–H and O–H groups in total. The van der Waals surface area contributed by atoms with Crippen LogP contribution in [0.25, 0.3) is 0 Å². The van der Waals surface area contributed by atoms with E-state index < -0.39 is 0 Å². The van der Waals surface area contributed by atoms with E-state index >= 15 is 0 Å². The molecule has 0 amide bonds. The van der Waals surface area contributed by atoms with E-state index in [4.69, 9.17) is 0 Å². The molecular formula is C11H22N2O2. The lowest BCUT2D eigenvalue weighted by molar-refractivity contribution is -0.138. The topological polar surface area (TPSA) is 50.4 Å². The number of carbonyl (C=O) groups excluding carboxylic acids is 1. The summed E-state index contributed by atoms with van der Waals surface area (Å²) in [6, 6.07) is 1.60. The molecule has 88 valence electrons. The molecule has 0 unspecified atom stereocenters. The van der Waals surface area contributed by atoms with Gasteiger partial charge < -0.3 is 15.4 Å². The second kappa shape index (κ2) is 5.47. The lowest BCUT2D eigenvalue weighted by Gasteiger charge is -2.21. The van der Waals surface area contributed by atoms with Crippen molar-refractivity contribution in [3.63, 3.8) is 0 Å². The molecule has 2 fully saturated rings. The minimum absolute atomic E-state index is 0.318. The van der Waals surface area contributed by atoms with E-state index in [-0.39, 0.29) is 5.60 Å². The smallest absolute Gasteiger partial charge is 0.293 e. The summed E-state index contributed by atoms with van der Waals surface area (Å²) in [5.41, 5.74) is -0.318. The van der Waals surface area contributed by atoms with Crippen molar-refractivity contribution < 1.29 is 9.53 Å². The van der Waals surface area contributed by atoms with Crippen LogP contribution in [-0.2, 0) is 9.53 Å². The summed E-state index contributed by atoms with van der Waals surface area (Å²) in [4.78, 5) is 9.60. The van der Waals surface area contributed by atoms with Crippen LogP contribution in [0.4, 0.5) is 0 Å². The van der Waals surface area contributed by atoms with Crippen molar-refractivity contribution in [3.8, 4) is 0 Å². The summed E-state index contributed by atoms with van der Waals surface area (Å²) < 4.78 is 4.55. The molecule has 2 rings (SSSR count). The first kappa shape index (κ1) is 12.5. The van der Waals surface area contributed by atoms with Gasteiger partial charge in [0, 0.05) is 25.2 Å². The molecule has 0 spiro atoms. The number of fused-ring (bicyclic) bond motifs is 2. The van der Waals surface area contributed by atoms with E-state index in [1.165, 1.54) is 25.9 Å². The normalized spacial score (nSPS) is 29.0. The van der Waals surface area contributed by atoms with Gasteiger partial charge in [0.05, 0.1) is 0 Å². The largest absolute Gasteiger partial charge is 0.462 e. The van der Waals surface area contributed by atoms with E-state index in [1.807, 2.05) is 20.8 Å². The highest BCUT2D eigenvalue weighted by atomic mass is 16.5. The maximum atomic E-state index is 9.60. The van der Waals surface area contributed by atoms with Crippen molar-refractivity contribution in [2.45, 2.75) is 51.3 Å². The van der Waals surface area contributed by atoms with Gasteiger partial charge in [0.25, 0.3) is 6.47 Å². The maximum Gasteiger partial charge on any atom is 0.293 e. The molecular weight excluding hydrogens is 192 g/mol. The number of hydrogen-bond donors (Lipinski definition) is 2. The van der Waals surface area contributed by atoms with Gasteiger partial charge >= 0.3 is 0 Å². The predicted molar refractivity (Wildman–Crippen MR) is 59.7 cm³/mol. The predicted octanol–water partition coefficient (Wildman–Crippen LogP) is 0.668. The van der Waals surface area contributed by atoms with Crippen LogP contribution in [-0.4, -0.2) is 37.2 Å². The molecule has 4 nitrogen and oxygen atoms in total. The SMILES string of the molecule is C1C[C@H]2CNC[C@@H]1N2.CC(C)(C)OC=O. The van der Waals surface area contributed by atoms with Crippen molar-refractivity contribution in [1.82, 2.24) is 10.6 Å². The van der Waals surface area contributed by atoms with Crippen LogP contribution in [0.3, 0.4) is 0 Å². The average Bonchev–Trinajstić information content (AvgIpc) is 2.45. The molecule has 2 atom stereocenters. The van der Waals surface area contributed by atoms with E-state index in [2.05, 4.69) is 15.4 Å². The molecule has 2 aliphatic rings. The Balaban J connectivity index is 0.000000153. The fourth-order valence-electron chi connectivity index (χ4n) is 1.80. The third kappa shape index (κ3) is 5.14. The Bertz CT molecular complexity index is 187. The summed E-state index contributed by atoms with van der Waals surface area (Å²) in [6.07, 6.45) is 2.77. The fourth-order valence-corrected chi connectivity index (χ4v) is 1.80. The Morgan fingerprint density at radius 1 is 1.20 bits per heavy atom. The van der Waals surface area contributed by atoms with E-state index in [9.17, 15) is 4.79 Å². The molecule has 0 saturated carbocycles. The van der Waals surface area contributed by atoms with Crippen molar-refractivity contribution in [1.29, 1.82) is 0 Å². The number of rotatable bonds is 1. The van der Waals surface area contributed by atoms with Gasteiger partial charge in [0.1, 0.15) is 5.60 Å². The maximum absolute atomic E-state index is 9.60. The number of carbonyl (C=O) groups is 1. The lowest BCUT2D eigenvalue weighted by Crippen LogP contribution is -2.48. The monoisotopic (exact) mass is 214 g/mol. The second-order valence-corrected chi connectivity index (χ2v) is 5.12. The summed E-state index contributed by atoms with van der Waals surface area (Å²) in [5.74, 6) is 0. The van der Waals surface area contributed by atoms with Crippen molar-refractivity contribution in [2.24, 2.45) is 0 Å². The van der Waals surface area contributed by atoms with Gasteiger partial charge in [-0.25, -0.2) is 0 Å². The zero-order valence-electron chi connectivity index (χ0n) is 9.88. The molecule has 15 heavy (non-hydrogen) atoms. The van der Waals surface area contributed by atoms with Crippen LogP contribution in [0.5, 0.6) is 0 Å². The lowest BCUT2D eigenvalue weighted by atomic mass is 10.2. The summed E-state index contributed by atoms with van der Waals surface area (Å²) in [6.45, 7) is 8.30. The van der Waals surface area contributed by atoms with Crippen LogP contribution in [0.2, 0.25) is 0 Å². The van der Waals surface area contributed by atoms with Gasteiger partial charge in [-0.15, -0.1) is 0 Å². The fraction of sp³-hybridized carbons (Fsp3) is 0.909. The standard InChI is InChI=1S/C6H12N2.C5H10O2/c1-2-6-4-7-3-5(1)8-6;1-5(2,3)7-4-6/h5-8H,1-4H2;4H,1-3H3/t5-,6+;. The molecule has 0 aromatic heterocycles. The van der Waals surface area contributed by atoms with E-state index in [0.717, 1.165) is 12.1 Å². The zero-order chi connectivity index (χ0) is 11.3. The molecule has 0 radical (unpaired) electrons. The van der Waals surface area contributed by atoms with Gasteiger partial charge in [-0.1, -0.05) is 0 Å². The van der Waals surface area contributed by atoms with Crippen LogP contribution < -0.4 is 10.6 Å². The molecule has 2 heterocycles. The Morgan fingerprint density at radius 2 is 1.73 bits per heavy atom. The first-order valence-corrected chi connectivity index (χ1v) is 5.59. The molecule has 2 bridgehead atoms. The highest BCUT2D eigenvalue weighted by Gasteiger charge is 2.26. The number of piperazine rings is 1. The van der Waals surface area contributed by atoms with Crippen molar-refractivity contribution >= 4 is 6.47 Å². The Hall–Kier alpha value is -0.610. The van der Waals surface area contributed by atoms with E-state index in [1.54, 1.807) is 0 Å². The van der Waals surface area contributed by atoms with Crippen LogP contribution in [0.15, 0.2) is 0 Å². The van der Waals surface area contributed by atoms with Gasteiger partial charge in [0.15, 0.2) is 0 Å². The van der Waals surface area contributed by atoms with Gasteiger partial charge in [0.2, 0.25) is 0 Å². The third-order valence-corrected chi connectivity index (χ3v) is 2.52. The molecule has 0 aromatic rings. The minimum Gasteiger partial charge on any atom is -0.462 e. The Kier molecular flexibility index (Phi) is 4.54. The number of ether oxygens (including phenoxy) is 1. The number of nitrogens with one attached hydrogen (secondary N) is 2. The first-order chi connectivity index (χ1) is 7.01. The summed E-state index contributed by atoms with van der Waals surface area (Å²) in [5, 5.41) is 6.91. The van der Waals surface area contributed by atoms with Gasteiger partial charge in [-0.05, 0) is 33.6 Å². The number of hydrogen-bond acceptors (Lipinski definition) is 4. The van der Waals surface area contributed by atoms with Gasteiger partial charge in [-0.2, -0.15) is 0 Å². The van der Waals surface area contributed by atoms with Crippen LogP contribution in [0, 0.1) is 0 Å².